The summed E-state index contributed by atoms with van der Waals surface area (Å²) in [6.45, 7) is 7.42. The molecule has 2 saturated heterocycles. The van der Waals surface area contributed by atoms with Gasteiger partial charge in [-0.05, 0) is 44.8 Å². The van der Waals surface area contributed by atoms with Crippen LogP contribution in [0.1, 0.15) is 31.4 Å². The average molecular weight is 332 g/mol. The van der Waals surface area contributed by atoms with Crippen molar-refractivity contribution in [1.29, 1.82) is 0 Å². The van der Waals surface area contributed by atoms with Gasteiger partial charge in [-0.3, -0.25) is 9.48 Å². The molecule has 0 radical (unpaired) electrons. The lowest BCUT2D eigenvalue weighted by atomic mass is 9.98. The highest BCUT2D eigenvalue weighted by Crippen LogP contribution is 2.23. The smallest absolute Gasteiger partial charge is 0.226 e. The van der Waals surface area contributed by atoms with Gasteiger partial charge in [0, 0.05) is 50.9 Å². The molecule has 0 unspecified atom stereocenters. The van der Waals surface area contributed by atoms with Gasteiger partial charge in [-0.2, -0.15) is 5.10 Å². The number of amides is 1. The number of likely N-dealkylation sites (tertiary alicyclic amines) is 1. The van der Waals surface area contributed by atoms with Gasteiger partial charge in [-0.1, -0.05) is 0 Å². The lowest BCUT2D eigenvalue weighted by Crippen LogP contribution is -2.42. The van der Waals surface area contributed by atoms with Gasteiger partial charge in [0.2, 0.25) is 5.91 Å². The van der Waals surface area contributed by atoms with E-state index in [0.717, 1.165) is 45.7 Å². The van der Waals surface area contributed by atoms with E-state index in [-0.39, 0.29) is 5.92 Å². The molecule has 1 aromatic rings. The number of hydrogen-bond donors (Lipinski definition) is 0. The third-order valence-electron chi connectivity index (χ3n) is 5.66. The van der Waals surface area contributed by atoms with Crippen molar-refractivity contribution in [1.82, 2.24) is 19.6 Å². The number of hydrogen-bond acceptors (Lipinski definition) is 4. The Bertz CT molecular complexity index is 561. The first-order chi connectivity index (χ1) is 11.8. The minimum Gasteiger partial charge on any atom is -0.381 e. The van der Waals surface area contributed by atoms with E-state index in [1.54, 1.807) is 0 Å². The second-order valence-corrected chi connectivity index (χ2v) is 7.48. The van der Waals surface area contributed by atoms with Crippen LogP contribution in [0, 0.1) is 11.8 Å². The molecule has 1 atom stereocenters. The molecule has 132 valence electrons. The van der Waals surface area contributed by atoms with Gasteiger partial charge in [-0.25, -0.2) is 0 Å². The summed E-state index contributed by atoms with van der Waals surface area (Å²) in [5.41, 5.74) is 1.17. The Kier molecular flexibility index (Phi) is 4.85. The molecule has 0 bridgehead atoms. The molecule has 4 rings (SSSR count). The zero-order valence-electron chi connectivity index (χ0n) is 14.4. The maximum atomic E-state index is 13.0. The van der Waals surface area contributed by atoms with Gasteiger partial charge in [0.05, 0.1) is 12.2 Å². The lowest BCUT2D eigenvalue weighted by Gasteiger charge is -2.31. The van der Waals surface area contributed by atoms with Crippen molar-refractivity contribution in [2.45, 2.75) is 38.8 Å². The first-order valence-electron chi connectivity index (χ1n) is 9.39. The number of ether oxygens (including phenoxy) is 1. The Morgan fingerprint density at radius 3 is 2.79 bits per heavy atom. The highest BCUT2D eigenvalue weighted by atomic mass is 16.5. The fraction of sp³-hybridized carbons (Fsp3) is 0.778. The quantitative estimate of drug-likeness (QED) is 0.839. The predicted octanol–water partition coefficient (Wildman–Crippen LogP) is 1.36. The third-order valence-corrected chi connectivity index (χ3v) is 5.66. The molecule has 0 aromatic carbocycles. The molecular weight excluding hydrogens is 304 g/mol. The fourth-order valence-electron chi connectivity index (χ4n) is 4.35. The molecule has 0 aliphatic carbocycles. The Labute approximate surface area is 143 Å². The highest BCUT2D eigenvalue weighted by Gasteiger charge is 2.31. The maximum absolute atomic E-state index is 13.0. The first kappa shape index (κ1) is 16.1. The van der Waals surface area contributed by atoms with E-state index in [9.17, 15) is 4.79 Å². The summed E-state index contributed by atoms with van der Waals surface area (Å²) in [4.78, 5) is 17.7. The minimum absolute atomic E-state index is 0.139. The van der Waals surface area contributed by atoms with Gasteiger partial charge in [0.15, 0.2) is 0 Å². The van der Waals surface area contributed by atoms with Gasteiger partial charge < -0.3 is 14.5 Å². The Hall–Kier alpha value is -1.40. The number of fused-ring (bicyclic) bond motifs is 1. The zero-order valence-corrected chi connectivity index (χ0v) is 14.4. The SMILES string of the molecule is O=C(C1CCOCC1)N1Cc2ccnn2C[C@@H](CN2CCCC2)C1. The minimum atomic E-state index is 0.139. The van der Waals surface area contributed by atoms with E-state index in [0.29, 0.717) is 18.4 Å². The van der Waals surface area contributed by atoms with Crippen LogP contribution in [0.2, 0.25) is 0 Å². The molecule has 3 aliphatic heterocycles. The van der Waals surface area contributed by atoms with Crippen LogP contribution in [0.5, 0.6) is 0 Å². The Morgan fingerprint density at radius 1 is 1.21 bits per heavy atom. The second kappa shape index (κ2) is 7.23. The van der Waals surface area contributed by atoms with Crippen molar-refractivity contribution in [2.24, 2.45) is 11.8 Å². The molecule has 3 aliphatic rings. The number of carbonyl (C=O) groups excluding carboxylic acids is 1. The molecule has 0 N–H and O–H groups in total. The van der Waals surface area contributed by atoms with Crippen molar-refractivity contribution < 1.29 is 9.53 Å². The maximum Gasteiger partial charge on any atom is 0.226 e. The molecule has 0 spiro atoms. The van der Waals surface area contributed by atoms with Crippen LogP contribution >= 0.6 is 0 Å². The zero-order chi connectivity index (χ0) is 16.4. The molecule has 0 saturated carbocycles. The Morgan fingerprint density at radius 2 is 2.00 bits per heavy atom. The van der Waals surface area contributed by atoms with Crippen LogP contribution in [-0.2, 0) is 22.6 Å². The summed E-state index contributed by atoms with van der Waals surface area (Å²) < 4.78 is 7.53. The van der Waals surface area contributed by atoms with Crippen LogP contribution in [0.4, 0.5) is 0 Å². The summed E-state index contributed by atoms with van der Waals surface area (Å²) in [5, 5.41) is 4.49. The summed E-state index contributed by atoms with van der Waals surface area (Å²) in [5.74, 6) is 0.924. The largest absolute Gasteiger partial charge is 0.381 e. The van der Waals surface area contributed by atoms with E-state index in [4.69, 9.17) is 4.74 Å². The van der Waals surface area contributed by atoms with Crippen molar-refractivity contribution in [3.8, 4) is 0 Å². The molecule has 24 heavy (non-hydrogen) atoms. The van der Waals surface area contributed by atoms with Gasteiger partial charge >= 0.3 is 0 Å². The average Bonchev–Trinajstić information content (AvgIpc) is 3.24. The molecule has 1 amide bonds. The van der Waals surface area contributed by atoms with Gasteiger partial charge in [0.1, 0.15) is 0 Å². The van der Waals surface area contributed by atoms with Crippen molar-refractivity contribution in [3.05, 3.63) is 18.0 Å². The topological polar surface area (TPSA) is 50.6 Å². The highest BCUT2D eigenvalue weighted by molar-refractivity contribution is 5.79. The Balaban J connectivity index is 1.49. The van der Waals surface area contributed by atoms with E-state index in [2.05, 4.69) is 25.6 Å². The van der Waals surface area contributed by atoms with Crippen molar-refractivity contribution in [3.63, 3.8) is 0 Å². The van der Waals surface area contributed by atoms with Gasteiger partial charge in [0.25, 0.3) is 0 Å². The van der Waals surface area contributed by atoms with E-state index >= 15 is 0 Å². The predicted molar refractivity (Wildman–Crippen MR) is 90.4 cm³/mol. The van der Waals surface area contributed by atoms with Crippen LogP contribution in [0.25, 0.3) is 0 Å². The molecular formula is C18H28N4O2. The van der Waals surface area contributed by atoms with E-state index in [1.165, 1.54) is 31.6 Å². The summed E-state index contributed by atoms with van der Waals surface area (Å²) in [6, 6.07) is 2.06. The number of aromatic nitrogens is 2. The summed E-state index contributed by atoms with van der Waals surface area (Å²) in [7, 11) is 0. The molecule has 4 heterocycles. The van der Waals surface area contributed by atoms with Crippen LogP contribution in [0.3, 0.4) is 0 Å². The molecule has 6 heteroatoms. The summed E-state index contributed by atoms with van der Waals surface area (Å²) >= 11 is 0. The van der Waals surface area contributed by atoms with Gasteiger partial charge in [-0.15, -0.1) is 0 Å². The first-order valence-corrected chi connectivity index (χ1v) is 9.39. The van der Waals surface area contributed by atoms with Crippen molar-refractivity contribution >= 4 is 5.91 Å². The molecule has 1 aromatic heterocycles. The van der Waals surface area contributed by atoms with E-state index in [1.807, 2.05) is 6.20 Å². The molecule has 6 nitrogen and oxygen atoms in total. The van der Waals surface area contributed by atoms with Crippen LogP contribution in [-0.4, -0.2) is 64.9 Å². The number of rotatable bonds is 3. The van der Waals surface area contributed by atoms with Crippen molar-refractivity contribution in [2.75, 3.05) is 39.4 Å². The fourth-order valence-corrected chi connectivity index (χ4v) is 4.35. The standard InChI is InChI=1S/C18H28N4O2/c23-18(16-4-9-24-10-5-16)21-12-15(11-20-7-1-2-8-20)13-22-17(14-21)3-6-19-22/h3,6,15-16H,1-2,4-5,7-14H2/t15-/m0/s1. The number of nitrogens with zero attached hydrogens (tertiary/aromatic N) is 4. The lowest BCUT2D eigenvalue weighted by molar-refractivity contribution is -0.139. The number of carbonyl (C=O) groups is 1. The third kappa shape index (κ3) is 3.49. The van der Waals surface area contributed by atoms with E-state index < -0.39 is 0 Å². The van der Waals surface area contributed by atoms with Crippen LogP contribution < -0.4 is 0 Å². The second-order valence-electron chi connectivity index (χ2n) is 7.48. The van der Waals surface area contributed by atoms with Crippen LogP contribution in [0.15, 0.2) is 12.3 Å². The monoisotopic (exact) mass is 332 g/mol. The summed E-state index contributed by atoms with van der Waals surface area (Å²) in [6.07, 6.45) is 6.22. The normalized spacial score (nSPS) is 26.3. The molecule has 2 fully saturated rings.